The third-order valence-corrected chi connectivity index (χ3v) is 6.42. The second-order valence-corrected chi connectivity index (χ2v) is 8.03. The van der Waals surface area contributed by atoms with E-state index in [9.17, 15) is 13.2 Å². The molecule has 1 amide bonds. The topological polar surface area (TPSA) is 79.4 Å². The van der Waals surface area contributed by atoms with Crippen molar-refractivity contribution in [2.45, 2.75) is 25.3 Å². The molecule has 0 aliphatic carbocycles. The number of carbonyl (C=O) groups is 1. The molecule has 0 spiro atoms. The van der Waals surface area contributed by atoms with Gasteiger partial charge in [0.2, 0.25) is 10.0 Å². The zero-order valence-electron chi connectivity index (χ0n) is 14.1. The predicted molar refractivity (Wildman–Crippen MR) is 99.7 cm³/mol. The van der Waals surface area contributed by atoms with Gasteiger partial charge in [-0.15, -0.1) is 0 Å². The van der Waals surface area contributed by atoms with Gasteiger partial charge >= 0.3 is 0 Å². The van der Waals surface area contributed by atoms with E-state index in [1.807, 2.05) is 6.07 Å². The molecule has 0 saturated heterocycles. The standard InChI is InChI=1S/C17H20BrN3O3S/c1-3-21(4-2)25(23,24)14-8-9-16(18)15(11-14)17(22)20-12-13-7-5-6-10-19-13/h5-11H,3-4,12H2,1-2H3,(H,20,22). The van der Waals surface area contributed by atoms with Crippen molar-refractivity contribution in [1.29, 1.82) is 0 Å². The van der Waals surface area contributed by atoms with E-state index in [0.717, 1.165) is 5.69 Å². The van der Waals surface area contributed by atoms with E-state index in [1.54, 1.807) is 38.2 Å². The summed E-state index contributed by atoms with van der Waals surface area (Å²) in [6, 6.07) is 9.90. The first kappa shape index (κ1) is 19.6. The Morgan fingerprint density at radius 3 is 2.52 bits per heavy atom. The quantitative estimate of drug-likeness (QED) is 0.739. The van der Waals surface area contributed by atoms with E-state index in [-0.39, 0.29) is 22.9 Å². The molecule has 0 aliphatic heterocycles. The predicted octanol–water partition coefficient (Wildman–Crippen LogP) is 2.80. The molecule has 6 nitrogen and oxygen atoms in total. The van der Waals surface area contributed by atoms with Crippen LogP contribution in [0, 0.1) is 0 Å². The second kappa shape index (κ2) is 8.55. The van der Waals surface area contributed by atoms with Crippen LogP contribution in [0.3, 0.4) is 0 Å². The molecule has 0 unspecified atom stereocenters. The van der Waals surface area contributed by atoms with Crippen LogP contribution in [0.2, 0.25) is 0 Å². The smallest absolute Gasteiger partial charge is 0.252 e. The van der Waals surface area contributed by atoms with Gasteiger partial charge in [0.1, 0.15) is 0 Å². The van der Waals surface area contributed by atoms with Gasteiger partial charge in [0.25, 0.3) is 5.91 Å². The number of rotatable bonds is 7. The molecule has 1 N–H and O–H groups in total. The minimum absolute atomic E-state index is 0.0994. The Morgan fingerprint density at radius 1 is 1.20 bits per heavy atom. The number of hydrogen-bond donors (Lipinski definition) is 1. The minimum atomic E-state index is -3.62. The Balaban J connectivity index is 2.25. The highest BCUT2D eigenvalue weighted by molar-refractivity contribution is 9.10. The van der Waals surface area contributed by atoms with Crippen molar-refractivity contribution in [3.63, 3.8) is 0 Å². The van der Waals surface area contributed by atoms with Crippen LogP contribution in [0.15, 0.2) is 52.0 Å². The van der Waals surface area contributed by atoms with Crippen LogP contribution in [0.25, 0.3) is 0 Å². The molecule has 1 heterocycles. The van der Waals surface area contributed by atoms with Gasteiger partial charge in [0.15, 0.2) is 0 Å². The van der Waals surface area contributed by atoms with E-state index in [1.165, 1.54) is 16.4 Å². The molecule has 1 aromatic carbocycles. The molecule has 0 fully saturated rings. The van der Waals surface area contributed by atoms with E-state index < -0.39 is 10.0 Å². The molecule has 25 heavy (non-hydrogen) atoms. The Kier molecular flexibility index (Phi) is 6.69. The van der Waals surface area contributed by atoms with Gasteiger partial charge in [-0.05, 0) is 46.3 Å². The lowest BCUT2D eigenvalue weighted by molar-refractivity contribution is 0.0949. The lowest BCUT2D eigenvalue weighted by Crippen LogP contribution is -2.31. The summed E-state index contributed by atoms with van der Waals surface area (Å²) in [6.07, 6.45) is 1.65. The van der Waals surface area contributed by atoms with Crippen molar-refractivity contribution in [3.05, 3.63) is 58.3 Å². The number of pyridine rings is 1. The number of nitrogens with zero attached hydrogens (tertiary/aromatic N) is 2. The summed E-state index contributed by atoms with van der Waals surface area (Å²) in [6.45, 7) is 4.56. The summed E-state index contributed by atoms with van der Waals surface area (Å²) in [5.41, 5.74) is 0.989. The average Bonchev–Trinajstić information content (AvgIpc) is 2.61. The normalized spacial score (nSPS) is 11.5. The van der Waals surface area contributed by atoms with Gasteiger partial charge in [-0.3, -0.25) is 9.78 Å². The van der Waals surface area contributed by atoms with Crippen LogP contribution in [-0.4, -0.2) is 36.7 Å². The number of benzene rings is 1. The maximum absolute atomic E-state index is 12.6. The molecule has 134 valence electrons. The molecule has 0 atom stereocenters. The monoisotopic (exact) mass is 425 g/mol. The maximum Gasteiger partial charge on any atom is 0.252 e. The molecule has 0 aliphatic rings. The summed E-state index contributed by atoms with van der Waals surface area (Å²) < 4.78 is 27.1. The zero-order valence-corrected chi connectivity index (χ0v) is 16.5. The molecule has 2 aromatic rings. The first-order valence-corrected chi connectivity index (χ1v) is 10.1. The van der Waals surface area contributed by atoms with Gasteiger partial charge in [-0.2, -0.15) is 4.31 Å². The number of amides is 1. The van der Waals surface area contributed by atoms with Crippen molar-refractivity contribution >= 4 is 31.9 Å². The summed E-state index contributed by atoms with van der Waals surface area (Å²) >= 11 is 3.31. The molecule has 0 bridgehead atoms. The zero-order chi connectivity index (χ0) is 18.4. The van der Waals surface area contributed by atoms with Gasteiger partial charge in [-0.25, -0.2) is 8.42 Å². The van der Waals surface area contributed by atoms with Crippen LogP contribution < -0.4 is 5.32 Å². The molecule has 2 rings (SSSR count). The number of sulfonamides is 1. The maximum atomic E-state index is 12.6. The third kappa shape index (κ3) is 4.65. The van der Waals surface area contributed by atoms with Crippen molar-refractivity contribution in [2.75, 3.05) is 13.1 Å². The molecule has 0 radical (unpaired) electrons. The lowest BCUT2D eigenvalue weighted by atomic mass is 10.2. The van der Waals surface area contributed by atoms with Crippen molar-refractivity contribution in [1.82, 2.24) is 14.6 Å². The van der Waals surface area contributed by atoms with E-state index in [2.05, 4.69) is 26.2 Å². The summed E-state index contributed by atoms with van der Waals surface area (Å²) in [5, 5.41) is 2.75. The Bertz CT molecular complexity index is 837. The fourth-order valence-corrected chi connectivity index (χ4v) is 4.23. The van der Waals surface area contributed by atoms with Gasteiger partial charge in [0, 0.05) is 23.8 Å². The lowest BCUT2D eigenvalue weighted by Gasteiger charge is -2.19. The van der Waals surface area contributed by atoms with Crippen LogP contribution in [-0.2, 0) is 16.6 Å². The molecule has 1 aromatic heterocycles. The van der Waals surface area contributed by atoms with Gasteiger partial charge in [0.05, 0.1) is 22.7 Å². The van der Waals surface area contributed by atoms with Gasteiger partial charge < -0.3 is 5.32 Å². The van der Waals surface area contributed by atoms with Crippen LogP contribution in [0.5, 0.6) is 0 Å². The van der Waals surface area contributed by atoms with Crippen LogP contribution in [0.4, 0.5) is 0 Å². The molecule has 8 heteroatoms. The Morgan fingerprint density at radius 2 is 1.92 bits per heavy atom. The summed E-state index contributed by atoms with van der Waals surface area (Å²) in [7, 11) is -3.62. The minimum Gasteiger partial charge on any atom is -0.346 e. The van der Waals surface area contributed by atoms with Crippen LogP contribution in [0.1, 0.15) is 29.9 Å². The molecular formula is C17H20BrN3O3S. The summed E-state index contributed by atoms with van der Waals surface area (Å²) in [5.74, 6) is -0.367. The fourth-order valence-electron chi connectivity index (χ4n) is 2.32. The second-order valence-electron chi connectivity index (χ2n) is 5.23. The highest BCUT2D eigenvalue weighted by atomic mass is 79.9. The number of carbonyl (C=O) groups excluding carboxylic acids is 1. The van der Waals surface area contributed by atoms with Crippen molar-refractivity contribution in [3.8, 4) is 0 Å². The highest BCUT2D eigenvalue weighted by Crippen LogP contribution is 2.23. The molecule has 0 saturated carbocycles. The van der Waals surface area contributed by atoms with Crippen LogP contribution >= 0.6 is 15.9 Å². The Hall–Kier alpha value is -1.77. The largest absolute Gasteiger partial charge is 0.346 e. The molecular weight excluding hydrogens is 406 g/mol. The van der Waals surface area contributed by atoms with Crippen molar-refractivity contribution < 1.29 is 13.2 Å². The van der Waals surface area contributed by atoms with E-state index in [0.29, 0.717) is 17.6 Å². The summed E-state index contributed by atoms with van der Waals surface area (Å²) in [4.78, 5) is 16.7. The first-order chi connectivity index (χ1) is 11.9. The number of hydrogen-bond acceptors (Lipinski definition) is 4. The first-order valence-electron chi connectivity index (χ1n) is 7.88. The third-order valence-electron chi connectivity index (χ3n) is 3.68. The number of halogens is 1. The van der Waals surface area contributed by atoms with E-state index in [4.69, 9.17) is 0 Å². The SMILES string of the molecule is CCN(CC)S(=O)(=O)c1ccc(Br)c(C(=O)NCc2ccccn2)c1. The number of aromatic nitrogens is 1. The van der Waals surface area contributed by atoms with E-state index >= 15 is 0 Å². The highest BCUT2D eigenvalue weighted by Gasteiger charge is 2.23. The van der Waals surface area contributed by atoms with Crippen molar-refractivity contribution in [2.24, 2.45) is 0 Å². The number of nitrogens with one attached hydrogen (secondary N) is 1. The fraction of sp³-hybridized carbons (Fsp3) is 0.294. The van der Waals surface area contributed by atoms with Gasteiger partial charge in [-0.1, -0.05) is 19.9 Å². The average molecular weight is 426 g/mol. The Labute approximate surface area is 156 Å².